The highest BCUT2D eigenvalue weighted by Gasteiger charge is 2.25. The van der Waals surface area contributed by atoms with Gasteiger partial charge in [0, 0.05) is 6.42 Å². The Morgan fingerprint density at radius 3 is 2.30 bits per heavy atom. The quantitative estimate of drug-likeness (QED) is 0.783. The molecule has 0 heterocycles. The zero-order chi connectivity index (χ0) is 17.5. The van der Waals surface area contributed by atoms with Gasteiger partial charge in [-0.2, -0.15) is 0 Å². The molecule has 0 aliphatic rings. The van der Waals surface area contributed by atoms with Crippen LogP contribution in [0.25, 0.3) is 0 Å². The average Bonchev–Trinajstić information content (AvgIpc) is 2.45. The van der Waals surface area contributed by atoms with Crippen molar-refractivity contribution in [1.82, 2.24) is 10.6 Å². The first-order valence-corrected chi connectivity index (χ1v) is 7.50. The van der Waals surface area contributed by atoms with Crippen molar-refractivity contribution in [3.63, 3.8) is 0 Å². The normalized spacial score (nSPS) is 13.6. The molecule has 1 aromatic rings. The van der Waals surface area contributed by atoms with Gasteiger partial charge in [-0.05, 0) is 33.3 Å². The largest absolute Gasteiger partial charge is 0.444 e. The monoisotopic (exact) mass is 320 g/mol. The summed E-state index contributed by atoms with van der Waals surface area (Å²) in [6.45, 7) is 6.80. The summed E-state index contributed by atoms with van der Waals surface area (Å²) in [4.78, 5) is 34.9. The second-order valence-corrected chi connectivity index (χ2v) is 6.32. The Hall–Kier alpha value is -2.37. The van der Waals surface area contributed by atoms with E-state index < -0.39 is 29.7 Å². The summed E-state index contributed by atoms with van der Waals surface area (Å²) in [5.74, 6) is -0.431. The molecule has 0 unspecified atom stereocenters. The van der Waals surface area contributed by atoms with Gasteiger partial charge in [0.05, 0.1) is 6.04 Å². The number of carbonyl (C=O) groups excluding carboxylic acids is 3. The van der Waals surface area contributed by atoms with E-state index in [1.165, 1.54) is 0 Å². The molecule has 0 saturated heterocycles. The van der Waals surface area contributed by atoms with E-state index in [-0.39, 0.29) is 0 Å². The first-order chi connectivity index (χ1) is 10.7. The third-order valence-electron chi connectivity index (χ3n) is 2.86. The second kappa shape index (κ2) is 8.31. The summed E-state index contributed by atoms with van der Waals surface area (Å²) in [6, 6.07) is 7.85. The van der Waals surface area contributed by atoms with E-state index in [0.717, 1.165) is 5.56 Å². The number of hydrogen-bond acceptors (Lipinski definition) is 4. The van der Waals surface area contributed by atoms with Crippen molar-refractivity contribution in [2.45, 2.75) is 51.8 Å². The van der Waals surface area contributed by atoms with Gasteiger partial charge >= 0.3 is 6.09 Å². The maximum atomic E-state index is 12.3. The molecule has 0 aromatic heterocycles. The molecule has 0 spiro atoms. The van der Waals surface area contributed by atoms with Gasteiger partial charge in [-0.15, -0.1) is 0 Å². The molecule has 2 atom stereocenters. The van der Waals surface area contributed by atoms with Crippen molar-refractivity contribution in [2.24, 2.45) is 0 Å². The van der Waals surface area contributed by atoms with Gasteiger partial charge in [0.25, 0.3) is 0 Å². The zero-order valence-electron chi connectivity index (χ0n) is 14.0. The van der Waals surface area contributed by atoms with Crippen LogP contribution in [0.3, 0.4) is 0 Å². The van der Waals surface area contributed by atoms with Crippen molar-refractivity contribution in [3.05, 3.63) is 35.9 Å². The van der Waals surface area contributed by atoms with Crippen molar-refractivity contribution < 1.29 is 19.1 Å². The molecule has 6 heteroatoms. The lowest BCUT2D eigenvalue weighted by Crippen LogP contribution is -2.51. The molecular formula is C17H24N2O4. The smallest absolute Gasteiger partial charge is 0.408 e. The van der Waals surface area contributed by atoms with Crippen LogP contribution in [0.4, 0.5) is 4.79 Å². The van der Waals surface area contributed by atoms with Crippen LogP contribution in [0.15, 0.2) is 30.3 Å². The summed E-state index contributed by atoms with van der Waals surface area (Å²) >= 11 is 0. The third-order valence-corrected chi connectivity index (χ3v) is 2.86. The molecule has 0 aliphatic heterocycles. The Balaban J connectivity index is 2.81. The Kier molecular flexibility index (Phi) is 6.75. The SMILES string of the molecule is C[C@@H](C=O)NC(=O)[C@H](Cc1ccccc1)NC(=O)OC(C)(C)C. The van der Waals surface area contributed by atoms with E-state index in [1.807, 2.05) is 30.3 Å². The molecule has 0 aliphatic carbocycles. The van der Waals surface area contributed by atoms with Crippen LogP contribution in [0, 0.1) is 0 Å². The van der Waals surface area contributed by atoms with Crippen LogP contribution in [0.1, 0.15) is 33.3 Å². The molecule has 1 rings (SSSR count). The van der Waals surface area contributed by atoms with Gasteiger partial charge in [-0.3, -0.25) is 4.79 Å². The number of amides is 2. The lowest BCUT2D eigenvalue weighted by atomic mass is 10.1. The minimum Gasteiger partial charge on any atom is -0.444 e. The van der Waals surface area contributed by atoms with E-state index in [9.17, 15) is 14.4 Å². The Morgan fingerprint density at radius 1 is 1.17 bits per heavy atom. The first kappa shape index (κ1) is 18.7. The molecule has 0 fully saturated rings. The van der Waals surface area contributed by atoms with E-state index in [0.29, 0.717) is 12.7 Å². The Bertz CT molecular complexity index is 537. The van der Waals surface area contributed by atoms with Gasteiger partial charge in [0.1, 0.15) is 17.9 Å². The second-order valence-electron chi connectivity index (χ2n) is 6.32. The fraction of sp³-hybridized carbons (Fsp3) is 0.471. The predicted octanol–water partition coefficient (Wildman–Crippen LogP) is 1.83. The zero-order valence-corrected chi connectivity index (χ0v) is 14.0. The van der Waals surface area contributed by atoms with Crippen LogP contribution in [-0.4, -0.2) is 36.0 Å². The minimum absolute atomic E-state index is 0.303. The molecule has 126 valence electrons. The molecule has 6 nitrogen and oxygen atoms in total. The van der Waals surface area contributed by atoms with Crippen LogP contribution in [0.5, 0.6) is 0 Å². The fourth-order valence-electron chi connectivity index (χ4n) is 1.87. The maximum absolute atomic E-state index is 12.3. The molecule has 0 bridgehead atoms. The summed E-state index contributed by atoms with van der Waals surface area (Å²) in [6.07, 6.45) is 0.259. The molecule has 23 heavy (non-hydrogen) atoms. The summed E-state index contributed by atoms with van der Waals surface area (Å²) < 4.78 is 5.19. The van der Waals surface area contributed by atoms with Crippen LogP contribution < -0.4 is 10.6 Å². The van der Waals surface area contributed by atoms with Crippen LogP contribution in [-0.2, 0) is 20.7 Å². The molecule has 2 N–H and O–H groups in total. The van der Waals surface area contributed by atoms with E-state index in [2.05, 4.69) is 10.6 Å². The van der Waals surface area contributed by atoms with E-state index in [4.69, 9.17) is 4.74 Å². The molecule has 1 aromatic carbocycles. The van der Waals surface area contributed by atoms with Gasteiger partial charge in [0.2, 0.25) is 5.91 Å². The maximum Gasteiger partial charge on any atom is 0.408 e. The predicted molar refractivity (Wildman–Crippen MR) is 87.0 cm³/mol. The van der Waals surface area contributed by atoms with Crippen molar-refractivity contribution >= 4 is 18.3 Å². The van der Waals surface area contributed by atoms with Crippen molar-refractivity contribution in [2.75, 3.05) is 0 Å². The van der Waals surface area contributed by atoms with Gasteiger partial charge < -0.3 is 20.2 Å². The van der Waals surface area contributed by atoms with Crippen LogP contribution in [0.2, 0.25) is 0 Å². The molecule has 0 radical (unpaired) electrons. The van der Waals surface area contributed by atoms with Gasteiger partial charge in [-0.25, -0.2) is 4.79 Å². The number of benzene rings is 1. The minimum atomic E-state index is -0.824. The summed E-state index contributed by atoms with van der Waals surface area (Å²) in [5.41, 5.74) is 0.232. The Morgan fingerprint density at radius 2 is 1.78 bits per heavy atom. The number of aldehydes is 1. The number of ether oxygens (including phenoxy) is 1. The topological polar surface area (TPSA) is 84.5 Å². The van der Waals surface area contributed by atoms with Crippen molar-refractivity contribution in [3.8, 4) is 0 Å². The standard InChI is InChI=1S/C17H24N2O4/c1-12(11-20)18-15(21)14(10-13-8-6-5-7-9-13)19-16(22)23-17(2,3)4/h5-9,11-12,14H,10H2,1-4H3,(H,18,21)(H,19,22)/t12-,14-/m0/s1. The Labute approximate surface area is 136 Å². The number of rotatable bonds is 6. The molecular weight excluding hydrogens is 296 g/mol. The van der Waals surface area contributed by atoms with Crippen LogP contribution >= 0.6 is 0 Å². The molecule has 2 amide bonds. The third kappa shape index (κ3) is 7.44. The highest BCUT2D eigenvalue weighted by Crippen LogP contribution is 2.08. The average molecular weight is 320 g/mol. The number of alkyl carbamates (subject to hydrolysis) is 1. The lowest BCUT2D eigenvalue weighted by molar-refractivity contribution is -0.125. The lowest BCUT2D eigenvalue weighted by Gasteiger charge is -2.24. The van der Waals surface area contributed by atoms with E-state index >= 15 is 0 Å². The highest BCUT2D eigenvalue weighted by atomic mass is 16.6. The van der Waals surface area contributed by atoms with E-state index in [1.54, 1.807) is 27.7 Å². The number of nitrogens with one attached hydrogen (secondary N) is 2. The molecule has 0 saturated carbocycles. The summed E-state index contributed by atoms with van der Waals surface area (Å²) in [7, 11) is 0. The van der Waals surface area contributed by atoms with Crippen molar-refractivity contribution in [1.29, 1.82) is 0 Å². The fourth-order valence-corrected chi connectivity index (χ4v) is 1.87. The number of carbonyl (C=O) groups is 3. The highest BCUT2D eigenvalue weighted by molar-refractivity contribution is 5.87. The number of hydrogen-bond donors (Lipinski definition) is 2. The van der Waals surface area contributed by atoms with Gasteiger partial charge in [-0.1, -0.05) is 30.3 Å². The van der Waals surface area contributed by atoms with Gasteiger partial charge in [0.15, 0.2) is 0 Å². The summed E-state index contributed by atoms with van der Waals surface area (Å²) in [5, 5.41) is 5.10. The first-order valence-electron chi connectivity index (χ1n) is 7.50.